The van der Waals surface area contributed by atoms with Crippen LogP contribution in [0.3, 0.4) is 0 Å². The summed E-state index contributed by atoms with van der Waals surface area (Å²) in [5.74, 6) is 5.99. The Morgan fingerprint density at radius 2 is 1.79 bits per heavy atom. The van der Waals surface area contributed by atoms with Gasteiger partial charge in [0.15, 0.2) is 0 Å². The molecule has 0 aliphatic heterocycles. The third kappa shape index (κ3) is 2.78. The highest BCUT2D eigenvalue weighted by atomic mass is 79.9. The lowest BCUT2D eigenvalue weighted by molar-refractivity contribution is 1.28. The summed E-state index contributed by atoms with van der Waals surface area (Å²) in [5, 5.41) is 0. The van der Waals surface area contributed by atoms with Crippen molar-refractivity contribution in [2.24, 2.45) is 0 Å². The van der Waals surface area contributed by atoms with Gasteiger partial charge in [0.05, 0.1) is 11.0 Å². The first-order chi connectivity index (χ1) is 9.31. The summed E-state index contributed by atoms with van der Waals surface area (Å²) >= 11 is 3.38. The van der Waals surface area contributed by atoms with Crippen LogP contribution in [-0.2, 0) is 0 Å². The molecule has 0 amide bonds. The van der Waals surface area contributed by atoms with Crippen molar-refractivity contribution < 1.29 is 0 Å². The number of fused-ring (bicyclic) bond motifs is 1. The second-order valence-corrected chi connectivity index (χ2v) is 4.77. The van der Waals surface area contributed by atoms with Gasteiger partial charge in [0, 0.05) is 16.9 Å². The molecule has 3 aromatic heterocycles. The van der Waals surface area contributed by atoms with Crippen LogP contribution >= 0.6 is 15.9 Å². The topological polar surface area (TPSA) is 38.7 Å². The number of pyridine rings is 3. The molecule has 3 aromatic rings. The van der Waals surface area contributed by atoms with Gasteiger partial charge in [0.25, 0.3) is 0 Å². The standard InChI is InChI=1S/C15H8BrN3/c16-11-9-15-14(18-10-11)7-6-13(19-15)5-4-12-3-1-2-8-17-12/h1-3,6-10H. The Labute approximate surface area is 118 Å². The molecule has 0 atom stereocenters. The summed E-state index contributed by atoms with van der Waals surface area (Å²) in [6.07, 6.45) is 3.47. The molecule has 0 unspecified atom stereocenters. The molecule has 3 heterocycles. The lowest BCUT2D eigenvalue weighted by atomic mass is 10.2. The first-order valence-electron chi connectivity index (χ1n) is 5.67. The van der Waals surface area contributed by atoms with E-state index in [0.717, 1.165) is 21.2 Å². The normalized spacial score (nSPS) is 9.95. The van der Waals surface area contributed by atoms with E-state index in [9.17, 15) is 0 Å². The van der Waals surface area contributed by atoms with Crippen LogP contribution in [-0.4, -0.2) is 15.0 Å². The van der Waals surface area contributed by atoms with E-state index in [-0.39, 0.29) is 0 Å². The molecule has 90 valence electrons. The lowest BCUT2D eigenvalue weighted by Crippen LogP contribution is -1.87. The minimum atomic E-state index is 0.707. The third-order valence-corrected chi connectivity index (χ3v) is 2.92. The molecule has 0 aromatic carbocycles. The molecular weight excluding hydrogens is 302 g/mol. The van der Waals surface area contributed by atoms with Crippen LogP contribution in [0.25, 0.3) is 11.0 Å². The summed E-state index contributed by atoms with van der Waals surface area (Å²) in [6, 6.07) is 11.3. The van der Waals surface area contributed by atoms with Gasteiger partial charge in [-0.25, -0.2) is 9.97 Å². The lowest BCUT2D eigenvalue weighted by Gasteiger charge is -1.97. The fourth-order valence-electron chi connectivity index (χ4n) is 1.62. The number of hydrogen-bond acceptors (Lipinski definition) is 3. The van der Waals surface area contributed by atoms with Crippen molar-refractivity contribution in [2.45, 2.75) is 0 Å². The van der Waals surface area contributed by atoms with Gasteiger partial charge in [0.2, 0.25) is 0 Å². The van der Waals surface area contributed by atoms with Crippen LogP contribution in [0, 0.1) is 11.8 Å². The summed E-state index contributed by atoms with van der Waals surface area (Å²) in [6.45, 7) is 0. The van der Waals surface area contributed by atoms with Crippen molar-refractivity contribution in [2.75, 3.05) is 0 Å². The van der Waals surface area contributed by atoms with E-state index < -0.39 is 0 Å². The maximum atomic E-state index is 4.46. The molecular formula is C15H8BrN3. The average Bonchev–Trinajstić information content (AvgIpc) is 2.46. The van der Waals surface area contributed by atoms with E-state index in [2.05, 4.69) is 42.7 Å². The largest absolute Gasteiger partial charge is 0.253 e. The van der Waals surface area contributed by atoms with Gasteiger partial charge in [-0.2, -0.15) is 0 Å². The van der Waals surface area contributed by atoms with E-state index in [0.29, 0.717) is 5.69 Å². The zero-order valence-corrected chi connectivity index (χ0v) is 11.4. The van der Waals surface area contributed by atoms with Crippen molar-refractivity contribution in [1.82, 2.24) is 15.0 Å². The molecule has 0 spiro atoms. The highest BCUT2D eigenvalue weighted by Crippen LogP contribution is 2.15. The maximum absolute atomic E-state index is 4.46. The maximum Gasteiger partial charge on any atom is 0.114 e. The fourth-order valence-corrected chi connectivity index (χ4v) is 1.94. The number of aromatic nitrogens is 3. The third-order valence-electron chi connectivity index (χ3n) is 2.49. The van der Waals surface area contributed by atoms with Gasteiger partial charge in [-0.1, -0.05) is 6.07 Å². The Hall–Kier alpha value is -2.25. The number of rotatable bonds is 0. The molecule has 19 heavy (non-hydrogen) atoms. The number of nitrogens with zero attached hydrogens (tertiary/aromatic N) is 3. The molecule has 0 aliphatic carbocycles. The highest BCUT2D eigenvalue weighted by Gasteiger charge is 1.98. The van der Waals surface area contributed by atoms with Crippen molar-refractivity contribution in [3.8, 4) is 11.8 Å². The quantitative estimate of drug-likeness (QED) is 0.599. The minimum Gasteiger partial charge on any atom is -0.253 e. The van der Waals surface area contributed by atoms with Gasteiger partial charge < -0.3 is 0 Å². The summed E-state index contributed by atoms with van der Waals surface area (Å²) in [4.78, 5) is 12.9. The van der Waals surface area contributed by atoms with Crippen LogP contribution in [0.5, 0.6) is 0 Å². The van der Waals surface area contributed by atoms with Crippen LogP contribution in [0.15, 0.2) is 53.3 Å². The van der Waals surface area contributed by atoms with Crippen molar-refractivity contribution >= 4 is 27.0 Å². The van der Waals surface area contributed by atoms with Crippen LogP contribution < -0.4 is 0 Å². The molecule has 0 radical (unpaired) electrons. The van der Waals surface area contributed by atoms with Gasteiger partial charge in [0.1, 0.15) is 11.4 Å². The van der Waals surface area contributed by atoms with Gasteiger partial charge in [-0.3, -0.25) is 4.98 Å². The minimum absolute atomic E-state index is 0.707. The predicted molar refractivity (Wildman–Crippen MR) is 77.5 cm³/mol. The zero-order chi connectivity index (χ0) is 13.1. The monoisotopic (exact) mass is 309 g/mol. The molecule has 0 N–H and O–H groups in total. The Bertz CT molecular complexity index is 789. The Balaban J connectivity index is 2.00. The Morgan fingerprint density at radius 1 is 0.895 bits per heavy atom. The zero-order valence-electron chi connectivity index (χ0n) is 9.84. The summed E-state index contributed by atoms with van der Waals surface area (Å²) in [5.41, 5.74) is 3.11. The first kappa shape index (κ1) is 11.8. The smallest absolute Gasteiger partial charge is 0.114 e. The van der Waals surface area contributed by atoms with E-state index in [1.54, 1.807) is 12.4 Å². The van der Waals surface area contributed by atoms with Crippen molar-refractivity contribution in [3.05, 3.63) is 64.7 Å². The molecule has 3 rings (SSSR count). The number of halogens is 1. The van der Waals surface area contributed by atoms with Crippen LogP contribution in [0.1, 0.15) is 11.4 Å². The molecule has 0 saturated heterocycles. The van der Waals surface area contributed by atoms with Crippen molar-refractivity contribution in [1.29, 1.82) is 0 Å². The van der Waals surface area contributed by atoms with Gasteiger partial charge in [-0.15, -0.1) is 0 Å². The van der Waals surface area contributed by atoms with Gasteiger partial charge >= 0.3 is 0 Å². The summed E-state index contributed by atoms with van der Waals surface area (Å²) in [7, 11) is 0. The van der Waals surface area contributed by atoms with Gasteiger partial charge in [-0.05, 0) is 58.1 Å². The average molecular weight is 310 g/mol. The molecule has 0 fully saturated rings. The first-order valence-corrected chi connectivity index (χ1v) is 6.46. The second-order valence-electron chi connectivity index (χ2n) is 3.85. The SMILES string of the molecule is Brc1cnc2ccc(C#Cc3ccccn3)nc2c1. The molecule has 3 nitrogen and oxygen atoms in total. The Kier molecular flexibility index (Phi) is 3.21. The molecule has 0 saturated carbocycles. The second kappa shape index (κ2) is 5.17. The van der Waals surface area contributed by atoms with Crippen molar-refractivity contribution in [3.63, 3.8) is 0 Å². The van der Waals surface area contributed by atoms with E-state index in [4.69, 9.17) is 0 Å². The van der Waals surface area contributed by atoms with E-state index in [1.807, 2.05) is 36.4 Å². The highest BCUT2D eigenvalue weighted by molar-refractivity contribution is 9.10. The fraction of sp³-hybridized carbons (Fsp3) is 0. The summed E-state index contributed by atoms with van der Waals surface area (Å²) < 4.78 is 0.905. The molecule has 4 heteroatoms. The van der Waals surface area contributed by atoms with E-state index >= 15 is 0 Å². The molecule has 0 aliphatic rings. The number of hydrogen-bond donors (Lipinski definition) is 0. The predicted octanol–water partition coefficient (Wildman–Crippen LogP) is 3.19. The van der Waals surface area contributed by atoms with Crippen LogP contribution in [0.2, 0.25) is 0 Å². The Morgan fingerprint density at radius 3 is 2.63 bits per heavy atom. The molecule has 0 bridgehead atoms. The van der Waals surface area contributed by atoms with E-state index in [1.165, 1.54) is 0 Å². The van der Waals surface area contributed by atoms with Crippen LogP contribution in [0.4, 0.5) is 0 Å².